The first kappa shape index (κ1) is 34.6. The number of anilines is 1. The van der Waals surface area contributed by atoms with Crippen LogP contribution in [-0.2, 0) is 21.9 Å². The monoisotopic (exact) mass is 635 g/mol. The molecule has 1 aromatic heterocycles. The maximum absolute atomic E-state index is 13.1. The van der Waals surface area contributed by atoms with Gasteiger partial charge in [0, 0.05) is 30.1 Å². The highest BCUT2D eigenvalue weighted by atomic mass is 32.2. The lowest BCUT2D eigenvalue weighted by atomic mass is 10.2. The fourth-order valence-corrected chi connectivity index (χ4v) is 4.49. The Bertz CT molecular complexity index is 1460. The average molecular weight is 636 g/mol. The van der Waals surface area contributed by atoms with Crippen LogP contribution in [0, 0.1) is 0 Å². The predicted octanol–water partition coefficient (Wildman–Crippen LogP) is 5.19. The van der Waals surface area contributed by atoms with Crippen molar-refractivity contribution >= 4 is 35.4 Å². The lowest BCUT2D eigenvalue weighted by Crippen LogP contribution is -2.36. The number of rotatable bonds is 14. The highest BCUT2D eigenvalue weighted by Crippen LogP contribution is 2.22. The molecule has 1 heterocycles. The van der Waals surface area contributed by atoms with E-state index in [4.69, 9.17) is 29.0 Å². The zero-order valence-corrected chi connectivity index (χ0v) is 26.0. The van der Waals surface area contributed by atoms with Crippen molar-refractivity contribution in [3.05, 3.63) is 96.4 Å². The van der Waals surface area contributed by atoms with Gasteiger partial charge in [0.1, 0.15) is 5.75 Å². The number of aliphatic carboxylic acids is 2. The number of hydrogen-bond donors (Lipinski definition) is 3. The van der Waals surface area contributed by atoms with Crippen LogP contribution in [0.4, 0.5) is 10.5 Å². The minimum absolute atomic E-state index is 0.126. The quantitative estimate of drug-likeness (QED) is 0.124. The Hall–Kier alpha value is -4.88. The third-order valence-corrected chi connectivity index (χ3v) is 6.94. The number of amides is 2. The molecule has 0 bridgehead atoms. The summed E-state index contributed by atoms with van der Waals surface area (Å²) in [5, 5.41) is 26.2. The van der Waals surface area contributed by atoms with Gasteiger partial charge in [0.05, 0.1) is 12.4 Å². The van der Waals surface area contributed by atoms with Crippen LogP contribution < -0.4 is 10.1 Å². The van der Waals surface area contributed by atoms with Crippen molar-refractivity contribution in [1.82, 2.24) is 20.0 Å². The normalized spacial score (nSPS) is 10.5. The van der Waals surface area contributed by atoms with Crippen molar-refractivity contribution in [2.75, 3.05) is 44.9 Å². The molecule has 3 aromatic carbocycles. The van der Waals surface area contributed by atoms with Gasteiger partial charge < -0.3 is 34.5 Å². The summed E-state index contributed by atoms with van der Waals surface area (Å²) in [6.45, 7) is 2.75. The number of nitrogens with one attached hydrogen (secondary N) is 1. The summed E-state index contributed by atoms with van der Waals surface area (Å²) in [5.74, 6) is -0.322. The number of ether oxygens (including phenoxy) is 1. The second-order valence-electron chi connectivity index (χ2n) is 9.90. The minimum Gasteiger partial charge on any atom is -0.493 e. The molecule has 238 valence electrons. The molecule has 4 aromatic rings. The molecule has 45 heavy (non-hydrogen) atoms. The zero-order valence-electron chi connectivity index (χ0n) is 25.2. The lowest BCUT2D eigenvalue weighted by Gasteiger charge is -2.24. The van der Waals surface area contributed by atoms with Crippen LogP contribution in [0.3, 0.4) is 0 Å². The Balaban J connectivity index is 0.000000838. The van der Waals surface area contributed by atoms with Gasteiger partial charge in [-0.05, 0) is 69.0 Å². The first-order chi connectivity index (χ1) is 21.7. The van der Waals surface area contributed by atoms with Crippen molar-refractivity contribution in [2.24, 2.45) is 0 Å². The Morgan fingerprint density at radius 2 is 1.51 bits per heavy atom. The van der Waals surface area contributed by atoms with E-state index in [1.807, 2.05) is 104 Å². The van der Waals surface area contributed by atoms with Gasteiger partial charge in [-0.2, -0.15) is 0 Å². The van der Waals surface area contributed by atoms with E-state index in [0.29, 0.717) is 42.9 Å². The van der Waals surface area contributed by atoms with E-state index in [1.54, 1.807) is 11.8 Å². The first-order valence-corrected chi connectivity index (χ1v) is 15.3. The number of urea groups is 1. The summed E-state index contributed by atoms with van der Waals surface area (Å²) < 4.78 is 11.5. The minimum atomic E-state index is -1.82. The SMILES string of the molecule is CN(C)CCCN(Cc1ccccc1)C(=O)Nc1ccc(-c2nnc(CSCCOc3ccccc3)o2)cc1.O=C(O)C(=O)O. The van der Waals surface area contributed by atoms with Gasteiger partial charge in [-0.3, -0.25) is 0 Å². The van der Waals surface area contributed by atoms with Crippen LogP contribution in [-0.4, -0.2) is 87.7 Å². The van der Waals surface area contributed by atoms with Gasteiger partial charge in [0.25, 0.3) is 0 Å². The summed E-state index contributed by atoms with van der Waals surface area (Å²) in [6, 6.07) is 27.1. The second kappa shape index (κ2) is 18.7. The molecule has 0 saturated heterocycles. The van der Waals surface area contributed by atoms with Gasteiger partial charge in [-0.25, -0.2) is 14.4 Å². The smallest absolute Gasteiger partial charge is 0.414 e. The van der Waals surface area contributed by atoms with Crippen molar-refractivity contribution in [2.45, 2.75) is 18.7 Å². The van der Waals surface area contributed by atoms with E-state index in [0.717, 1.165) is 35.6 Å². The molecule has 0 saturated carbocycles. The van der Waals surface area contributed by atoms with Crippen molar-refractivity contribution in [3.63, 3.8) is 0 Å². The van der Waals surface area contributed by atoms with Crippen molar-refractivity contribution in [3.8, 4) is 17.2 Å². The number of para-hydroxylation sites is 1. The Labute approximate surface area is 266 Å². The van der Waals surface area contributed by atoms with E-state index in [2.05, 4.69) is 20.4 Å². The van der Waals surface area contributed by atoms with Gasteiger partial charge in [0.2, 0.25) is 11.8 Å². The molecule has 0 spiro atoms. The number of aromatic nitrogens is 2. The van der Waals surface area contributed by atoms with Crippen LogP contribution >= 0.6 is 11.8 Å². The van der Waals surface area contributed by atoms with E-state index in [9.17, 15) is 4.79 Å². The second-order valence-corrected chi connectivity index (χ2v) is 11.0. The Morgan fingerprint density at radius 1 is 0.867 bits per heavy atom. The lowest BCUT2D eigenvalue weighted by molar-refractivity contribution is -0.159. The summed E-state index contributed by atoms with van der Waals surface area (Å²) in [6.07, 6.45) is 0.893. The maximum Gasteiger partial charge on any atom is 0.414 e. The average Bonchev–Trinajstić information content (AvgIpc) is 3.51. The molecule has 3 N–H and O–H groups in total. The Kier molecular flexibility index (Phi) is 14.4. The first-order valence-electron chi connectivity index (χ1n) is 14.1. The van der Waals surface area contributed by atoms with Crippen LogP contribution in [0.15, 0.2) is 89.3 Å². The molecule has 0 atom stereocenters. The molecule has 4 rings (SSSR count). The molecule has 0 radical (unpaired) electrons. The molecular weight excluding hydrogens is 598 g/mol. The summed E-state index contributed by atoms with van der Waals surface area (Å²) in [4.78, 5) is 35.3. The number of carboxylic acids is 2. The number of carbonyl (C=O) groups excluding carboxylic acids is 1. The topological polar surface area (TPSA) is 158 Å². The van der Waals surface area contributed by atoms with Gasteiger partial charge in [-0.15, -0.1) is 22.0 Å². The number of hydrogen-bond acceptors (Lipinski definition) is 9. The third-order valence-electron chi connectivity index (χ3n) is 6.03. The van der Waals surface area contributed by atoms with E-state index < -0.39 is 11.9 Å². The fraction of sp³-hybridized carbons (Fsp3) is 0.281. The molecule has 0 fully saturated rings. The number of thioether (sulfide) groups is 1. The molecule has 13 heteroatoms. The molecule has 2 amide bonds. The summed E-state index contributed by atoms with van der Waals surface area (Å²) in [7, 11) is 4.08. The van der Waals surface area contributed by atoms with Crippen LogP contribution in [0.1, 0.15) is 17.9 Å². The number of benzene rings is 3. The van der Waals surface area contributed by atoms with Crippen LogP contribution in [0.25, 0.3) is 11.5 Å². The highest BCUT2D eigenvalue weighted by Gasteiger charge is 2.15. The van der Waals surface area contributed by atoms with Gasteiger partial charge >= 0.3 is 18.0 Å². The number of carboxylic acid groups (broad SMARTS) is 2. The molecule has 0 aliphatic carbocycles. The van der Waals surface area contributed by atoms with E-state index >= 15 is 0 Å². The van der Waals surface area contributed by atoms with Crippen LogP contribution in [0.5, 0.6) is 5.75 Å². The molecule has 12 nitrogen and oxygen atoms in total. The zero-order chi connectivity index (χ0) is 32.4. The largest absolute Gasteiger partial charge is 0.493 e. The standard InChI is InChI=1S/C30H35N5O3S.C2H2O4/c1-34(2)18-9-19-35(22-24-10-5-3-6-11-24)30(36)31-26-16-14-25(15-17-26)29-33-32-28(38-29)23-39-21-20-37-27-12-7-4-8-13-27;3-1(4)2(5)6/h3-8,10-17H,9,18-23H2,1-2H3,(H,31,36);(H,3,4)(H,5,6). The third kappa shape index (κ3) is 13.1. The summed E-state index contributed by atoms with van der Waals surface area (Å²) >= 11 is 1.68. The van der Waals surface area contributed by atoms with E-state index in [-0.39, 0.29) is 6.03 Å². The van der Waals surface area contributed by atoms with Gasteiger partial charge in [-0.1, -0.05) is 48.5 Å². The number of nitrogens with zero attached hydrogens (tertiary/aromatic N) is 4. The molecule has 0 unspecified atom stereocenters. The fourth-order valence-electron chi connectivity index (χ4n) is 3.86. The Morgan fingerprint density at radius 3 is 2.13 bits per heavy atom. The molecular formula is C32H37N5O7S. The molecule has 0 aliphatic rings. The van der Waals surface area contributed by atoms with Crippen LogP contribution in [0.2, 0.25) is 0 Å². The number of carbonyl (C=O) groups is 3. The summed E-state index contributed by atoms with van der Waals surface area (Å²) in [5.41, 5.74) is 2.61. The maximum atomic E-state index is 13.1. The highest BCUT2D eigenvalue weighted by molar-refractivity contribution is 7.98. The van der Waals surface area contributed by atoms with Crippen molar-refractivity contribution < 1.29 is 33.8 Å². The predicted molar refractivity (Wildman–Crippen MR) is 172 cm³/mol. The molecule has 0 aliphatic heterocycles. The van der Waals surface area contributed by atoms with Crippen molar-refractivity contribution in [1.29, 1.82) is 0 Å². The van der Waals surface area contributed by atoms with Gasteiger partial charge in [0.15, 0.2) is 0 Å². The van der Waals surface area contributed by atoms with E-state index in [1.165, 1.54) is 0 Å².